The van der Waals surface area contributed by atoms with Gasteiger partial charge in [0.15, 0.2) is 8.32 Å². The zero-order valence-electron chi connectivity index (χ0n) is 17.5. The highest BCUT2D eigenvalue weighted by molar-refractivity contribution is 6.69. The summed E-state index contributed by atoms with van der Waals surface area (Å²) in [7, 11) is -0.0309. The molecule has 0 radical (unpaired) electrons. The van der Waals surface area contributed by atoms with Crippen LogP contribution in [0.3, 0.4) is 0 Å². The van der Waals surface area contributed by atoms with E-state index in [4.69, 9.17) is 9.16 Å². The first-order valence-corrected chi connectivity index (χ1v) is 13.8. The number of hydrogen-bond acceptors (Lipinski definition) is 4. The van der Waals surface area contributed by atoms with Gasteiger partial charge in [0.2, 0.25) is 0 Å². The molecule has 5 heteroatoms. The number of fused-ring (bicyclic) bond motifs is 4. The third-order valence-electron chi connectivity index (χ3n) is 6.27. The number of rotatable bonds is 6. The molecule has 1 aromatic heterocycles. The van der Waals surface area contributed by atoms with E-state index in [0.717, 1.165) is 35.7 Å². The fraction of sp³-hybridized carbons (Fsp3) is 0.522. The van der Waals surface area contributed by atoms with Crippen molar-refractivity contribution in [3.05, 3.63) is 48.7 Å². The third kappa shape index (κ3) is 3.75. The van der Waals surface area contributed by atoms with E-state index in [9.17, 15) is 0 Å². The molecule has 0 N–H and O–H groups in total. The van der Waals surface area contributed by atoms with Crippen molar-refractivity contribution in [3.63, 3.8) is 0 Å². The first-order chi connectivity index (χ1) is 13.4. The zero-order valence-corrected chi connectivity index (χ0v) is 18.5. The van der Waals surface area contributed by atoms with Crippen LogP contribution in [0.2, 0.25) is 19.6 Å². The summed E-state index contributed by atoms with van der Waals surface area (Å²) >= 11 is 0. The highest BCUT2D eigenvalue weighted by Gasteiger charge is 2.44. The van der Waals surface area contributed by atoms with Gasteiger partial charge in [0.1, 0.15) is 5.75 Å². The largest absolute Gasteiger partial charge is 0.497 e. The van der Waals surface area contributed by atoms with E-state index in [1.165, 1.54) is 18.4 Å². The van der Waals surface area contributed by atoms with Gasteiger partial charge < -0.3 is 9.16 Å². The van der Waals surface area contributed by atoms with Crippen LogP contribution >= 0.6 is 0 Å². The van der Waals surface area contributed by atoms with Gasteiger partial charge in [0, 0.05) is 24.2 Å². The highest BCUT2D eigenvalue weighted by atomic mass is 28.4. The third-order valence-corrected chi connectivity index (χ3v) is 7.23. The Bertz CT molecular complexity index is 863. The van der Waals surface area contributed by atoms with E-state index >= 15 is 0 Å². The molecule has 0 aliphatic carbocycles. The molecule has 1 unspecified atom stereocenters. The molecule has 0 spiro atoms. The average Bonchev–Trinajstić information content (AvgIpc) is 2.70. The van der Waals surface area contributed by atoms with Gasteiger partial charge in [-0.15, -0.1) is 6.58 Å². The second-order valence-electron chi connectivity index (χ2n) is 9.18. The Hall–Kier alpha value is -1.69. The molecule has 4 heterocycles. The maximum absolute atomic E-state index is 6.87. The molecule has 3 aliphatic rings. The lowest BCUT2D eigenvalue weighted by Gasteiger charge is -2.52. The Labute approximate surface area is 169 Å². The number of piperidine rings is 3. The van der Waals surface area contributed by atoms with Gasteiger partial charge in [-0.05, 0) is 80.7 Å². The Morgan fingerprint density at radius 2 is 2.11 bits per heavy atom. The van der Waals surface area contributed by atoms with Gasteiger partial charge in [-0.3, -0.25) is 9.88 Å². The van der Waals surface area contributed by atoms with Crippen molar-refractivity contribution >= 4 is 19.2 Å². The molecule has 150 valence electrons. The van der Waals surface area contributed by atoms with Crippen LogP contribution in [0.5, 0.6) is 5.75 Å². The van der Waals surface area contributed by atoms with Crippen LogP contribution in [0.1, 0.15) is 24.5 Å². The van der Waals surface area contributed by atoms with E-state index in [0.29, 0.717) is 12.0 Å². The van der Waals surface area contributed by atoms with Crippen LogP contribution in [0.4, 0.5) is 0 Å². The minimum absolute atomic E-state index is 0.0674. The Morgan fingerprint density at radius 3 is 2.75 bits per heavy atom. The summed E-state index contributed by atoms with van der Waals surface area (Å²) in [5.41, 5.74) is 2.25. The van der Waals surface area contributed by atoms with Crippen molar-refractivity contribution in [2.24, 2.45) is 11.8 Å². The van der Waals surface area contributed by atoms with E-state index in [-0.39, 0.29) is 6.10 Å². The minimum Gasteiger partial charge on any atom is -0.497 e. The van der Waals surface area contributed by atoms with E-state index in [1.807, 2.05) is 18.3 Å². The van der Waals surface area contributed by atoms with Gasteiger partial charge >= 0.3 is 0 Å². The smallest absolute Gasteiger partial charge is 0.184 e. The van der Waals surface area contributed by atoms with Gasteiger partial charge in [-0.2, -0.15) is 0 Å². The van der Waals surface area contributed by atoms with Crippen molar-refractivity contribution in [1.29, 1.82) is 0 Å². The number of pyridine rings is 1. The van der Waals surface area contributed by atoms with E-state index < -0.39 is 8.32 Å². The maximum Gasteiger partial charge on any atom is 0.184 e. The molecule has 4 nitrogen and oxygen atoms in total. The van der Waals surface area contributed by atoms with Crippen molar-refractivity contribution in [2.75, 3.05) is 20.2 Å². The standard InChI is InChI=1S/C23H32N2O2Si/c1-6-16-15-25-12-10-17(16)13-22(25)23(27-28(3,4)5)19-9-11-24-21-8-7-18(26-2)14-20(19)21/h6-9,11,14,16-17,22-23H,1,10,12-13,15H2,2-5H3/t16-,17+,22-,23+/m1/s1. The normalized spacial score (nSPS) is 28.3. The number of hydrogen-bond donors (Lipinski definition) is 0. The van der Waals surface area contributed by atoms with Crippen molar-refractivity contribution in [2.45, 2.75) is 44.6 Å². The predicted octanol–water partition coefficient (Wildman–Crippen LogP) is 5.03. The monoisotopic (exact) mass is 396 g/mol. The molecule has 5 rings (SSSR count). The lowest BCUT2D eigenvalue weighted by atomic mass is 9.73. The maximum atomic E-state index is 6.87. The fourth-order valence-electron chi connectivity index (χ4n) is 4.94. The molecule has 2 bridgehead atoms. The molecular weight excluding hydrogens is 364 g/mol. The number of methoxy groups -OCH3 is 1. The topological polar surface area (TPSA) is 34.6 Å². The summed E-state index contributed by atoms with van der Waals surface area (Å²) in [4.78, 5) is 7.23. The average molecular weight is 397 g/mol. The summed E-state index contributed by atoms with van der Waals surface area (Å²) in [6, 6.07) is 8.71. The number of aromatic nitrogens is 1. The number of ether oxygens (including phenoxy) is 1. The lowest BCUT2D eigenvalue weighted by molar-refractivity contribution is -0.0382. The fourth-order valence-corrected chi connectivity index (χ4v) is 5.99. The van der Waals surface area contributed by atoms with E-state index in [2.05, 4.69) is 54.3 Å². The summed E-state index contributed by atoms with van der Waals surface area (Å²) in [6.45, 7) is 13.2. The Morgan fingerprint density at radius 1 is 1.29 bits per heavy atom. The van der Waals surface area contributed by atoms with Crippen LogP contribution in [0.25, 0.3) is 10.9 Å². The molecule has 28 heavy (non-hydrogen) atoms. The first kappa shape index (κ1) is 19.6. The molecule has 5 atom stereocenters. The molecule has 3 fully saturated rings. The molecular formula is C23H32N2O2Si. The molecule has 2 aromatic rings. The Kier molecular flexibility index (Phi) is 5.34. The zero-order chi connectivity index (χ0) is 19.9. The van der Waals surface area contributed by atoms with Gasteiger partial charge in [0.05, 0.1) is 18.7 Å². The van der Waals surface area contributed by atoms with Gasteiger partial charge in [-0.25, -0.2) is 0 Å². The molecule has 0 amide bonds. The minimum atomic E-state index is -1.75. The van der Waals surface area contributed by atoms with Crippen LogP contribution in [-0.2, 0) is 4.43 Å². The van der Waals surface area contributed by atoms with Crippen LogP contribution in [0, 0.1) is 11.8 Å². The molecule has 0 saturated carbocycles. The van der Waals surface area contributed by atoms with Crippen LogP contribution in [0.15, 0.2) is 43.1 Å². The second-order valence-corrected chi connectivity index (χ2v) is 13.6. The number of benzene rings is 1. The lowest BCUT2D eigenvalue weighted by Crippen LogP contribution is -2.56. The molecule has 1 aromatic carbocycles. The molecule has 3 saturated heterocycles. The quantitative estimate of drug-likeness (QED) is 0.506. The van der Waals surface area contributed by atoms with Crippen LogP contribution in [-0.4, -0.2) is 44.4 Å². The summed E-state index contributed by atoms with van der Waals surface area (Å²) < 4.78 is 12.4. The second kappa shape index (κ2) is 7.62. The summed E-state index contributed by atoms with van der Waals surface area (Å²) in [5.74, 6) is 2.21. The van der Waals surface area contributed by atoms with Gasteiger partial charge in [0.25, 0.3) is 0 Å². The van der Waals surface area contributed by atoms with E-state index in [1.54, 1.807) is 7.11 Å². The Balaban J connectivity index is 1.78. The molecule has 3 aliphatic heterocycles. The first-order valence-electron chi connectivity index (χ1n) is 10.4. The van der Waals surface area contributed by atoms with Gasteiger partial charge in [-0.1, -0.05) is 6.08 Å². The van der Waals surface area contributed by atoms with Crippen molar-refractivity contribution < 1.29 is 9.16 Å². The van der Waals surface area contributed by atoms with Crippen molar-refractivity contribution in [1.82, 2.24) is 9.88 Å². The highest BCUT2D eigenvalue weighted by Crippen LogP contribution is 2.44. The summed E-state index contributed by atoms with van der Waals surface area (Å²) in [5, 5.41) is 1.15. The predicted molar refractivity (Wildman–Crippen MR) is 117 cm³/mol. The van der Waals surface area contributed by atoms with Crippen molar-refractivity contribution in [3.8, 4) is 5.75 Å². The summed E-state index contributed by atoms with van der Waals surface area (Å²) in [6.07, 6.45) is 6.61. The SMILES string of the molecule is C=C[C@@H]1CN2CC[C@H]1C[C@@H]2[C@@H](O[Si](C)(C)C)c1ccnc2ccc(OC)cc12. The van der Waals surface area contributed by atoms with Crippen LogP contribution < -0.4 is 4.74 Å². The number of nitrogens with zero attached hydrogens (tertiary/aromatic N) is 2.